The first-order valence-electron chi connectivity index (χ1n) is 5.10. The van der Waals surface area contributed by atoms with Crippen LogP contribution in [0.5, 0.6) is 5.75 Å². The van der Waals surface area contributed by atoms with Crippen molar-refractivity contribution >= 4 is 12.2 Å². The Morgan fingerprint density at radius 1 is 1.12 bits per heavy atom. The number of phenols is 1. The van der Waals surface area contributed by atoms with Crippen molar-refractivity contribution in [1.82, 2.24) is 4.98 Å². The molecule has 0 bridgehead atoms. The van der Waals surface area contributed by atoms with Crippen molar-refractivity contribution in [2.45, 2.75) is 0 Å². The number of aromatic nitrogens is 1. The van der Waals surface area contributed by atoms with Gasteiger partial charge in [-0.25, -0.2) is 0 Å². The summed E-state index contributed by atoms with van der Waals surface area (Å²) in [7, 11) is 0. The first-order chi connectivity index (χ1) is 8.28. The lowest BCUT2D eigenvalue weighted by Crippen LogP contribution is -1.80. The number of pyridine rings is 1. The van der Waals surface area contributed by atoms with Gasteiger partial charge in [-0.15, -0.1) is 0 Å². The lowest BCUT2D eigenvalue weighted by Gasteiger charge is -1.96. The van der Waals surface area contributed by atoms with Gasteiger partial charge in [0, 0.05) is 12.4 Å². The second-order valence-electron chi connectivity index (χ2n) is 3.55. The van der Waals surface area contributed by atoms with E-state index in [1.54, 1.807) is 30.5 Å². The van der Waals surface area contributed by atoms with Gasteiger partial charge in [0.05, 0.1) is 5.56 Å². The van der Waals surface area contributed by atoms with E-state index in [1.165, 1.54) is 6.20 Å². The van der Waals surface area contributed by atoms with E-state index in [-0.39, 0.29) is 5.75 Å². The smallest absolute Gasteiger partial charge is 0.116 e. The van der Waals surface area contributed by atoms with Crippen molar-refractivity contribution < 1.29 is 5.11 Å². The molecule has 0 aliphatic carbocycles. The Balaban J connectivity index is 2.23. The fourth-order valence-corrected chi connectivity index (χ4v) is 1.43. The van der Waals surface area contributed by atoms with Crippen molar-refractivity contribution in [3.8, 4) is 11.8 Å². The highest BCUT2D eigenvalue weighted by molar-refractivity contribution is 5.70. The summed E-state index contributed by atoms with van der Waals surface area (Å²) in [6, 6.07) is 10.7. The van der Waals surface area contributed by atoms with E-state index in [0.717, 1.165) is 11.1 Å². The first-order valence-corrected chi connectivity index (χ1v) is 5.10. The number of nitriles is 1. The molecule has 0 spiro atoms. The molecular weight excluding hydrogens is 212 g/mol. The molecule has 82 valence electrons. The van der Waals surface area contributed by atoms with Crippen molar-refractivity contribution in [2.24, 2.45) is 0 Å². The summed E-state index contributed by atoms with van der Waals surface area (Å²) < 4.78 is 0. The van der Waals surface area contributed by atoms with Gasteiger partial charge in [-0.1, -0.05) is 24.3 Å². The third-order valence-electron chi connectivity index (χ3n) is 2.23. The molecule has 0 saturated carbocycles. The average molecular weight is 222 g/mol. The van der Waals surface area contributed by atoms with Gasteiger partial charge >= 0.3 is 0 Å². The number of nitrogens with zero attached hydrogens (tertiary/aromatic N) is 2. The second-order valence-corrected chi connectivity index (χ2v) is 3.55. The Labute approximate surface area is 99.3 Å². The minimum Gasteiger partial charge on any atom is -0.508 e. The van der Waals surface area contributed by atoms with Crippen LogP contribution in [-0.2, 0) is 0 Å². The molecule has 0 atom stereocenters. The molecule has 2 rings (SSSR count). The fraction of sp³-hybridized carbons (Fsp3) is 0. The molecule has 17 heavy (non-hydrogen) atoms. The minimum absolute atomic E-state index is 0.232. The standard InChI is InChI=1S/C14H10N2O/c15-8-13-6-12(9-16-10-13)5-4-11-2-1-3-14(17)7-11/h1-7,9-10,17H/b5-4+. The summed E-state index contributed by atoms with van der Waals surface area (Å²) in [6.07, 6.45) is 6.91. The van der Waals surface area contributed by atoms with Crippen LogP contribution in [0.3, 0.4) is 0 Å². The highest BCUT2D eigenvalue weighted by Crippen LogP contribution is 2.14. The van der Waals surface area contributed by atoms with Gasteiger partial charge < -0.3 is 5.11 Å². The van der Waals surface area contributed by atoms with E-state index in [1.807, 2.05) is 24.3 Å². The predicted molar refractivity (Wildman–Crippen MR) is 66.0 cm³/mol. The maximum absolute atomic E-state index is 9.30. The highest BCUT2D eigenvalue weighted by Gasteiger charge is 1.93. The van der Waals surface area contributed by atoms with Crippen LogP contribution < -0.4 is 0 Å². The van der Waals surface area contributed by atoms with Crippen LogP contribution >= 0.6 is 0 Å². The largest absolute Gasteiger partial charge is 0.508 e. The molecule has 1 heterocycles. The number of rotatable bonds is 2. The van der Waals surface area contributed by atoms with Crippen LogP contribution in [-0.4, -0.2) is 10.1 Å². The quantitative estimate of drug-likeness (QED) is 0.850. The molecule has 0 aliphatic rings. The average Bonchev–Trinajstić information content (AvgIpc) is 2.37. The second kappa shape index (κ2) is 4.95. The van der Waals surface area contributed by atoms with Gasteiger partial charge in [-0.05, 0) is 29.3 Å². The molecule has 2 aromatic rings. The molecule has 0 unspecified atom stereocenters. The zero-order valence-corrected chi connectivity index (χ0v) is 9.04. The third kappa shape index (κ3) is 2.93. The fourth-order valence-electron chi connectivity index (χ4n) is 1.43. The molecule has 1 N–H and O–H groups in total. The number of aromatic hydroxyl groups is 1. The summed E-state index contributed by atoms with van der Waals surface area (Å²) in [5.41, 5.74) is 2.28. The van der Waals surface area contributed by atoms with Gasteiger partial charge in [-0.3, -0.25) is 4.98 Å². The highest BCUT2D eigenvalue weighted by atomic mass is 16.3. The number of benzene rings is 1. The summed E-state index contributed by atoms with van der Waals surface area (Å²) >= 11 is 0. The molecule has 1 aromatic carbocycles. The normalized spacial score (nSPS) is 10.3. The summed E-state index contributed by atoms with van der Waals surface area (Å²) in [6.45, 7) is 0. The van der Waals surface area contributed by atoms with Crippen molar-refractivity contribution in [1.29, 1.82) is 5.26 Å². The summed E-state index contributed by atoms with van der Waals surface area (Å²) in [4.78, 5) is 3.96. The van der Waals surface area contributed by atoms with Gasteiger partial charge in [0.1, 0.15) is 11.8 Å². The monoisotopic (exact) mass is 222 g/mol. The Hall–Kier alpha value is -2.60. The van der Waals surface area contributed by atoms with E-state index >= 15 is 0 Å². The molecular formula is C14H10N2O. The van der Waals surface area contributed by atoms with E-state index in [9.17, 15) is 5.11 Å². The van der Waals surface area contributed by atoms with E-state index in [0.29, 0.717) is 5.56 Å². The Bertz CT molecular complexity index is 597. The molecule has 0 radical (unpaired) electrons. The number of phenolic OH excluding ortho intramolecular Hbond substituents is 1. The molecule has 0 saturated heterocycles. The van der Waals surface area contributed by atoms with Crippen molar-refractivity contribution in [3.05, 3.63) is 59.4 Å². The van der Waals surface area contributed by atoms with Crippen LogP contribution in [0.4, 0.5) is 0 Å². The van der Waals surface area contributed by atoms with Gasteiger partial charge in [0.2, 0.25) is 0 Å². The predicted octanol–water partition coefficient (Wildman–Crippen LogP) is 2.83. The maximum Gasteiger partial charge on any atom is 0.116 e. The number of hydrogen-bond donors (Lipinski definition) is 1. The van der Waals surface area contributed by atoms with Crippen LogP contribution in [0.25, 0.3) is 12.2 Å². The van der Waals surface area contributed by atoms with Crippen LogP contribution in [0.15, 0.2) is 42.7 Å². The molecule has 1 aromatic heterocycles. The maximum atomic E-state index is 9.30. The van der Waals surface area contributed by atoms with Gasteiger partial charge in [0.25, 0.3) is 0 Å². The van der Waals surface area contributed by atoms with E-state index in [2.05, 4.69) is 4.98 Å². The van der Waals surface area contributed by atoms with E-state index < -0.39 is 0 Å². The molecule has 0 fully saturated rings. The van der Waals surface area contributed by atoms with Crippen molar-refractivity contribution in [2.75, 3.05) is 0 Å². The Kier molecular flexibility index (Phi) is 3.18. The molecule has 0 aliphatic heterocycles. The molecule has 3 heteroatoms. The van der Waals surface area contributed by atoms with Crippen molar-refractivity contribution in [3.63, 3.8) is 0 Å². The van der Waals surface area contributed by atoms with Crippen LogP contribution in [0.2, 0.25) is 0 Å². The van der Waals surface area contributed by atoms with Gasteiger partial charge in [-0.2, -0.15) is 5.26 Å². The minimum atomic E-state index is 0.232. The number of hydrogen-bond acceptors (Lipinski definition) is 3. The third-order valence-corrected chi connectivity index (χ3v) is 2.23. The van der Waals surface area contributed by atoms with E-state index in [4.69, 9.17) is 5.26 Å². The lowest BCUT2D eigenvalue weighted by atomic mass is 10.1. The summed E-state index contributed by atoms with van der Waals surface area (Å²) in [5, 5.41) is 18.0. The van der Waals surface area contributed by atoms with Gasteiger partial charge in [0.15, 0.2) is 0 Å². The van der Waals surface area contributed by atoms with Crippen LogP contribution in [0.1, 0.15) is 16.7 Å². The Morgan fingerprint density at radius 2 is 1.94 bits per heavy atom. The van der Waals surface area contributed by atoms with Crippen LogP contribution in [0, 0.1) is 11.3 Å². The zero-order valence-electron chi connectivity index (χ0n) is 9.04. The zero-order chi connectivity index (χ0) is 12.1. The molecule has 0 amide bonds. The Morgan fingerprint density at radius 3 is 2.71 bits per heavy atom. The lowest BCUT2D eigenvalue weighted by molar-refractivity contribution is 0.475. The SMILES string of the molecule is N#Cc1cncc(/C=C/c2cccc(O)c2)c1. The molecule has 3 nitrogen and oxygen atoms in total. The first kappa shape index (κ1) is 10.9. The summed E-state index contributed by atoms with van der Waals surface area (Å²) in [5.74, 6) is 0.232. The topological polar surface area (TPSA) is 56.9 Å².